The summed E-state index contributed by atoms with van der Waals surface area (Å²) in [6.45, 7) is 0.757. The van der Waals surface area contributed by atoms with E-state index in [1.165, 1.54) is 6.07 Å². The van der Waals surface area contributed by atoms with Crippen LogP contribution in [0.2, 0.25) is 0 Å². The Morgan fingerprint density at radius 1 is 0.788 bits per heavy atom. The van der Waals surface area contributed by atoms with Crippen molar-refractivity contribution in [3.8, 4) is 0 Å². The third-order valence-corrected chi connectivity index (χ3v) is 5.89. The molecule has 6 heteroatoms. The van der Waals surface area contributed by atoms with E-state index in [2.05, 4.69) is 4.90 Å². The molecule has 164 valence electrons. The van der Waals surface area contributed by atoms with Gasteiger partial charge in [0.1, 0.15) is 0 Å². The molecule has 0 aliphatic carbocycles. The molecule has 0 fully saturated rings. The van der Waals surface area contributed by atoms with Gasteiger partial charge < -0.3 is 14.6 Å². The maximum Gasteiger partial charge on any atom is 0.270 e. The van der Waals surface area contributed by atoms with E-state index in [9.17, 15) is 15.2 Å². The van der Waals surface area contributed by atoms with Crippen molar-refractivity contribution in [3.05, 3.63) is 113 Å². The van der Waals surface area contributed by atoms with Gasteiger partial charge in [-0.3, -0.25) is 10.1 Å². The highest BCUT2D eigenvalue weighted by Gasteiger charge is 2.19. The first-order valence-electron chi connectivity index (χ1n) is 10.8. The molecule has 5 aromatic rings. The van der Waals surface area contributed by atoms with Crippen LogP contribution in [0.15, 0.2) is 103 Å². The fraction of sp³-hybridized carbons (Fsp3) is 0.111. The van der Waals surface area contributed by atoms with Crippen LogP contribution in [0.25, 0.3) is 21.8 Å². The van der Waals surface area contributed by atoms with Crippen LogP contribution in [0.4, 0.5) is 17.1 Å². The van der Waals surface area contributed by atoms with Gasteiger partial charge in [0.05, 0.1) is 24.1 Å². The number of hydrogen-bond acceptors (Lipinski definition) is 4. The zero-order valence-corrected chi connectivity index (χ0v) is 17.9. The lowest BCUT2D eigenvalue weighted by Crippen LogP contribution is -2.31. The Morgan fingerprint density at radius 3 is 2.00 bits per heavy atom. The molecule has 4 aromatic carbocycles. The first-order chi connectivity index (χ1) is 16.1. The number of para-hydroxylation sites is 3. The van der Waals surface area contributed by atoms with E-state index in [1.54, 1.807) is 12.1 Å². The number of anilines is 2. The summed E-state index contributed by atoms with van der Waals surface area (Å²) in [5.41, 5.74) is 3.87. The van der Waals surface area contributed by atoms with E-state index in [1.807, 2.05) is 89.5 Å². The third-order valence-electron chi connectivity index (χ3n) is 5.89. The molecular weight excluding hydrogens is 414 g/mol. The molecule has 1 N–H and O–H groups in total. The number of nitrogens with zero attached hydrogens (tertiary/aromatic N) is 3. The second-order valence-corrected chi connectivity index (χ2v) is 8.02. The van der Waals surface area contributed by atoms with Crippen molar-refractivity contribution in [1.82, 2.24) is 4.57 Å². The number of benzene rings is 4. The number of nitro benzene ring substituents is 1. The summed E-state index contributed by atoms with van der Waals surface area (Å²) >= 11 is 0. The Balaban J connectivity index is 1.51. The van der Waals surface area contributed by atoms with E-state index in [0.717, 1.165) is 33.2 Å². The topological polar surface area (TPSA) is 71.5 Å². The van der Waals surface area contributed by atoms with Gasteiger partial charge in [0.15, 0.2) is 0 Å². The van der Waals surface area contributed by atoms with Gasteiger partial charge in [0.2, 0.25) is 0 Å². The average molecular weight is 437 g/mol. The van der Waals surface area contributed by atoms with Crippen molar-refractivity contribution in [2.75, 3.05) is 11.4 Å². The molecular formula is C27H23N3O3. The highest BCUT2D eigenvalue weighted by molar-refractivity contribution is 6.08. The van der Waals surface area contributed by atoms with E-state index >= 15 is 0 Å². The standard InChI is InChI=1S/C27H23N3O3/c31-23(18-28(20-9-3-1-4-10-20)21-11-5-2-6-12-21)19-29-26-14-8-7-13-24(26)25-17-22(30(32)33)15-16-27(25)29/h1-17,23,31H,18-19H2. The summed E-state index contributed by atoms with van der Waals surface area (Å²) in [7, 11) is 0. The SMILES string of the molecule is O=[N+]([O-])c1ccc2c(c1)c1ccccc1n2CC(O)CN(c1ccccc1)c1ccccc1. The predicted octanol–water partition coefficient (Wildman–Crippen LogP) is 5.90. The van der Waals surface area contributed by atoms with Gasteiger partial charge in [-0.25, -0.2) is 0 Å². The number of rotatable bonds is 7. The Kier molecular flexibility index (Phi) is 5.50. The average Bonchev–Trinajstić information content (AvgIpc) is 3.16. The van der Waals surface area contributed by atoms with E-state index in [4.69, 9.17) is 0 Å². The second kappa shape index (κ2) is 8.76. The van der Waals surface area contributed by atoms with Crippen LogP contribution < -0.4 is 4.90 Å². The zero-order valence-electron chi connectivity index (χ0n) is 17.9. The summed E-state index contributed by atoms with van der Waals surface area (Å²) in [6, 6.07) is 32.7. The summed E-state index contributed by atoms with van der Waals surface area (Å²) in [6.07, 6.45) is -0.681. The number of non-ortho nitro benzene ring substituents is 1. The molecule has 1 aromatic heterocycles. The van der Waals surface area contributed by atoms with Crippen LogP contribution in [-0.4, -0.2) is 27.2 Å². The summed E-state index contributed by atoms with van der Waals surface area (Å²) in [5, 5.41) is 24.3. The molecule has 0 spiro atoms. The Hall–Kier alpha value is -4.16. The van der Waals surface area contributed by atoms with Crippen molar-refractivity contribution >= 4 is 38.9 Å². The van der Waals surface area contributed by atoms with Crippen LogP contribution in [-0.2, 0) is 6.54 Å². The smallest absolute Gasteiger partial charge is 0.270 e. The molecule has 1 unspecified atom stereocenters. The van der Waals surface area contributed by atoms with Crippen LogP contribution in [0.5, 0.6) is 0 Å². The van der Waals surface area contributed by atoms with Gasteiger partial charge in [-0.1, -0.05) is 54.6 Å². The van der Waals surface area contributed by atoms with Gasteiger partial charge in [-0.05, 0) is 36.4 Å². The lowest BCUT2D eigenvalue weighted by molar-refractivity contribution is -0.384. The van der Waals surface area contributed by atoms with Gasteiger partial charge in [-0.2, -0.15) is 0 Å². The quantitative estimate of drug-likeness (QED) is 0.254. The number of nitro groups is 1. The summed E-state index contributed by atoms with van der Waals surface area (Å²) in [4.78, 5) is 13.0. The molecule has 5 rings (SSSR count). The number of aliphatic hydroxyl groups excluding tert-OH is 1. The van der Waals surface area contributed by atoms with Crippen molar-refractivity contribution in [1.29, 1.82) is 0 Å². The summed E-state index contributed by atoms with van der Waals surface area (Å²) in [5.74, 6) is 0. The fourth-order valence-electron chi connectivity index (χ4n) is 4.41. The Morgan fingerprint density at radius 2 is 1.36 bits per heavy atom. The molecule has 1 atom stereocenters. The minimum absolute atomic E-state index is 0.0604. The van der Waals surface area contributed by atoms with Crippen molar-refractivity contribution in [3.63, 3.8) is 0 Å². The van der Waals surface area contributed by atoms with Crippen molar-refractivity contribution in [2.24, 2.45) is 0 Å². The lowest BCUT2D eigenvalue weighted by Gasteiger charge is -2.28. The van der Waals surface area contributed by atoms with Crippen LogP contribution in [0, 0.1) is 10.1 Å². The molecule has 1 heterocycles. The Labute approximate surface area is 191 Å². The van der Waals surface area contributed by atoms with Crippen LogP contribution in [0.1, 0.15) is 0 Å². The van der Waals surface area contributed by atoms with Gasteiger partial charge >= 0.3 is 0 Å². The van der Waals surface area contributed by atoms with E-state index in [0.29, 0.717) is 13.1 Å². The van der Waals surface area contributed by atoms with E-state index in [-0.39, 0.29) is 10.6 Å². The van der Waals surface area contributed by atoms with Gasteiger partial charge in [0.25, 0.3) is 5.69 Å². The molecule has 0 amide bonds. The molecule has 0 bridgehead atoms. The number of aromatic nitrogens is 1. The fourth-order valence-corrected chi connectivity index (χ4v) is 4.41. The highest BCUT2D eigenvalue weighted by atomic mass is 16.6. The molecule has 0 aliphatic rings. The van der Waals surface area contributed by atoms with Crippen LogP contribution in [0.3, 0.4) is 0 Å². The highest BCUT2D eigenvalue weighted by Crippen LogP contribution is 2.32. The molecule has 0 saturated heterocycles. The van der Waals surface area contributed by atoms with Gasteiger partial charge in [0, 0.05) is 45.3 Å². The lowest BCUT2D eigenvalue weighted by atomic mass is 10.1. The number of hydrogen-bond donors (Lipinski definition) is 1. The van der Waals surface area contributed by atoms with Crippen molar-refractivity contribution in [2.45, 2.75) is 12.6 Å². The predicted molar refractivity (Wildman–Crippen MR) is 132 cm³/mol. The first-order valence-corrected chi connectivity index (χ1v) is 10.8. The van der Waals surface area contributed by atoms with E-state index < -0.39 is 6.10 Å². The molecule has 0 saturated carbocycles. The second-order valence-electron chi connectivity index (χ2n) is 8.02. The molecule has 33 heavy (non-hydrogen) atoms. The minimum atomic E-state index is -0.681. The third kappa shape index (κ3) is 4.04. The minimum Gasteiger partial charge on any atom is -0.389 e. The summed E-state index contributed by atoms with van der Waals surface area (Å²) < 4.78 is 2.05. The largest absolute Gasteiger partial charge is 0.389 e. The maximum atomic E-state index is 11.3. The monoisotopic (exact) mass is 437 g/mol. The zero-order chi connectivity index (χ0) is 22.8. The van der Waals surface area contributed by atoms with Crippen molar-refractivity contribution < 1.29 is 10.0 Å². The van der Waals surface area contributed by atoms with Crippen LogP contribution >= 0.6 is 0 Å². The number of aliphatic hydroxyl groups is 1. The Bertz CT molecular complexity index is 1380. The number of fused-ring (bicyclic) bond motifs is 3. The molecule has 6 nitrogen and oxygen atoms in total. The van der Waals surface area contributed by atoms with Gasteiger partial charge in [-0.15, -0.1) is 0 Å². The maximum absolute atomic E-state index is 11.3. The molecule has 0 radical (unpaired) electrons. The molecule has 0 aliphatic heterocycles. The normalized spacial score (nSPS) is 12.2. The first kappa shape index (κ1) is 20.7.